The molecule has 0 saturated heterocycles. The van der Waals surface area contributed by atoms with Gasteiger partial charge in [-0.15, -0.1) is 0 Å². The number of rotatable bonds is 10. The van der Waals surface area contributed by atoms with Crippen molar-refractivity contribution in [1.29, 1.82) is 0 Å². The van der Waals surface area contributed by atoms with E-state index in [9.17, 15) is 9.59 Å². The maximum atomic E-state index is 11.2. The zero-order valence-corrected chi connectivity index (χ0v) is 17.7. The van der Waals surface area contributed by atoms with Crippen molar-refractivity contribution in [2.24, 2.45) is 0 Å². The maximum Gasteiger partial charge on any atom is 0.335 e. The minimum atomic E-state index is -0.517. The van der Waals surface area contributed by atoms with Gasteiger partial charge in [0.15, 0.2) is 0 Å². The Morgan fingerprint density at radius 2 is 0.971 bits per heavy atom. The molecule has 0 aromatic heterocycles. The Morgan fingerprint density at radius 1 is 0.600 bits per heavy atom. The Bertz CT molecular complexity index is 1070. The van der Waals surface area contributed by atoms with Crippen LogP contribution in [-0.4, -0.2) is 18.7 Å². The zero-order valence-electron chi connectivity index (χ0n) is 17.7. The molecule has 0 radical (unpaired) electrons. The molecule has 35 heavy (non-hydrogen) atoms. The summed E-state index contributed by atoms with van der Waals surface area (Å²) in [6.07, 6.45) is 3.83. The van der Waals surface area contributed by atoms with E-state index in [1.165, 1.54) is 11.1 Å². The molecule has 0 heterocycles. The third-order valence-electron chi connectivity index (χ3n) is 4.66. The molecule has 0 atom stereocenters. The maximum absolute atomic E-state index is 11.2. The van der Waals surface area contributed by atoms with Crippen LogP contribution in [0.15, 0.2) is 98.1 Å². The van der Waals surface area contributed by atoms with Gasteiger partial charge < -0.3 is 14.2 Å². The van der Waals surface area contributed by atoms with Crippen molar-refractivity contribution in [2.75, 3.05) is 6.79 Å². The van der Waals surface area contributed by atoms with E-state index in [0.29, 0.717) is 11.5 Å². The van der Waals surface area contributed by atoms with E-state index in [2.05, 4.69) is 37.4 Å². The second kappa shape index (κ2) is 15.7. The first-order valence-corrected chi connectivity index (χ1v) is 10.1. The van der Waals surface area contributed by atoms with Crippen LogP contribution in [0, 0.1) is 0 Å². The molecule has 0 N–H and O–H groups in total. The highest BCUT2D eigenvalue weighted by atomic mass is 16.7. The summed E-state index contributed by atoms with van der Waals surface area (Å²) in [6.45, 7) is 6.57. The molecule has 3 aromatic rings. The van der Waals surface area contributed by atoms with E-state index in [4.69, 9.17) is 14.2 Å². The quantitative estimate of drug-likeness (QED) is 0.137. The highest BCUT2D eigenvalue weighted by Crippen LogP contribution is 2.18. The lowest BCUT2D eigenvalue weighted by atomic mass is 10.0. The number of carbonyl (C=O) groups excluding carboxylic acids is 2. The van der Waals surface area contributed by atoms with E-state index in [0.717, 1.165) is 36.1 Å². The van der Waals surface area contributed by atoms with Gasteiger partial charge in [0.2, 0.25) is 6.79 Å². The molecule has 0 aliphatic heterocycles. The summed E-state index contributed by atoms with van der Waals surface area (Å²) in [4.78, 5) is 22.3. The zero-order chi connectivity index (χ0) is 22.8. The molecule has 3 aromatic carbocycles. The number of hydrogen-bond acceptors (Lipinski definition) is 5. The van der Waals surface area contributed by atoms with E-state index in [1.807, 2.05) is 36.4 Å². The van der Waals surface area contributed by atoms with Crippen molar-refractivity contribution in [3.8, 4) is 11.5 Å². The first-order chi connectivity index (χ1) is 15.6. The van der Waals surface area contributed by atoms with Gasteiger partial charge in [-0.3, -0.25) is 0 Å². The van der Waals surface area contributed by atoms with Gasteiger partial charge in [-0.05, 0) is 59.4 Å². The summed E-state index contributed by atoms with van der Waals surface area (Å²) in [6, 6.07) is 23.6. The molecule has 0 spiro atoms. The first kappa shape index (κ1) is 30.9. The van der Waals surface area contributed by atoms with Crippen LogP contribution < -0.4 is 9.47 Å². The van der Waals surface area contributed by atoms with E-state index in [-0.39, 0.29) is 29.1 Å². The van der Waals surface area contributed by atoms with Crippen molar-refractivity contribution in [1.82, 2.24) is 0 Å². The molecule has 186 valence electrons. The topological polar surface area (TPSA) is 61.8 Å². The molecule has 0 unspecified atom stereocenters. The van der Waals surface area contributed by atoms with Crippen molar-refractivity contribution in [2.45, 2.75) is 35.1 Å². The SMILES string of the molecule is C.C.C.C=CC(=O)OCOc1ccc(Cc2ccc(Cc3ccc(OC(=O)C=C)cc3)cc2)cc1. The second-order valence-electron chi connectivity index (χ2n) is 7.01. The third kappa shape index (κ3) is 10.1. The van der Waals surface area contributed by atoms with Crippen LogP contribution in [0.5, 0.6) is 11.5 Å². The minimum absolute atomic E-state index is 0. The summed E-state index contributed by atoms with van der Waals surface area (Å²) in [7, 11) is 0. The van der Waals surface area contributed by atoms with Gasteiger partial charge in [-0.2, -0.15) is 0 Å². The van der Waals surface area contributed by atoms with Crippen LogP contribution in [-0.2, 0) is 27.2 Å². The van der Waals surface area contributed by atoms with Crippen molar-refractivity contribution in [3.05, 3.63) is 120 Å². The molecule has 0 fully saturated rings. The molecule has 0 saturated carbocycles. The van der Waals surface area contributed by atoms with Gasteiger partial charge >= 0.3 is 11.9 Å². The van der Waals surface area contributed by atoms with Gasteiger partial charge in [0.05, 0.1) is 0 Å². The molecule has 5 heteroatoms. The third-order valence-corrected chi connectivity index (χ3v) is 4.66. The van der Waals surface area contributed by atoms with E-state index >= 15 is 0 Å². The van der Waals surface area contributed by atoms with Crippen LogP contribution in [0.4, 0.5) is 0 Å². The first-order valence-electron chi connectivity index (χ1n) is 10.1. The second-order valence-corrected chi connectivity index (χ2v) is 7.01. The van der Waals surface area contributed by atoms with E-state index < -0.39 is 11.9 Å². The van der Waals surface area contributed by atoms with Crippen molar-refractivity contribution >= 4 is 11.9 Å². The lowest BCUT2D eigenvalue weighted by Crippen LogP contribution is -2.07. The molecule has 3 rings (SSSR count). The van der Waals surface area contributed by atoms with Crippen LogP contribution in [0.25, 0.3) is 0 Å². The Balaban J connectivity index is 0.00000385. The molecule has 0 aliphatic rings. The van der Waals surface area contributed by atoms with E-state index in [1.54, 1.807) is 12.1 Å². The molecule has 5 nitrogen and oxygen atoms in total. The molecule has 0 bridgehead atoms. The summed E-state index contributed by atoms with van der Waals surface area (Å²) in [5.74, 6) is 0.148. The normalized spacial score (nSPS) is 9.26. The van der Waals surface area contributed by atoms with Crippen LogP contribution in [0.1, 0.15) is 44.5 Å². The average molecular weight is 477 g/mol. The fourth-order valence-corrected chi connectivity index (χ4v) is 3.00. The number of benzene rings is 3. The molecular formula is C30H36O5. The summed E-state index contributed by atoms with van der Waals surface area (Å²) < 4.78 is 15.3. The van der Waals surface area contributed by atoms with Crippen molar-refractivity contribution < 1.29 is 23.8 Å². The number of esters is 2. The monoisotopic (exact) mass is 476 g/mol. The fourth-order valence-electron chi connectivity index (χ4n) is 3.00. The van der Waals surface area contributed by atoms with Gasteiger partial charge in [-0.1, -0.05) is 84.0 Å². The van der Waals surface area contributed by atoms with Gasteiger partial charge in [0.1, 0.15) is 11.5 Å². The van der Waals surface area contributed by atoms with Gasteiger partial charge in [0, 0.05) is 12.2 Å². The van der Waals surface area contributed by atoms with Crippen LogP contribution >= 0.6 is 0 Å². The Morgan fingerprint density at radius 3 is 1.37 bits per heavy atom. The fraction of sp³-hybridized carbons (Fsp3) is 0.200. The predicted octanol–water partition coefficient (Wildman–Crippen LogP) is 6.93. The number of carbonyl (C=O) groups is 2. The van der Waals surface area contributed by atoms with Crippen LogP contribution in [0.2, 0.25) is 0 Å². The molecule has 0 amide bonds. The Hall–Kier alpha value is -4.12. The molecular weight excluding hydrogens is 440 g/mol. The van der Waals surface area contributed by atoms with Crippen LogP contribution in [0.3, 0.4) is 0 Å². The minimum Gasteiger partial charge on any atom is -0.457 e. The molecule has 0 aliphatic carbocycles. The smallest absolute Gasteiger partial charge is 0.335 e. The lowest BCUT2D eigenvalue weighted by Gasteiger charge is -2.08. The Kier molecular flexibility index (Phi) is 13.8. The number of hydrogen-bond donors (Lipinski definition) is 0. The highest BCUT2D eigenvalue weighted by Gasteiger charge is 2.03. The lowest BCUT2D eigenvalue weighted by molar-refractivity contribution is -0.144. The predicted molar refractivity (Wildman–Crippen MR) is 143 cm³/mol. The largest absolute Gasteiger partial charge is 0.457 e. The Labute approximate surface area is 209 Å². The van der Waals surface area contributed by atoms with Crippen molar-refractivity contribution in [3.63, 3.8) is 0 Å². The summed E-state index contributed by atoms with van der Waals surface area (Å²) in [5.41, 5.74) is 4.68. The average Bonchev–Trinajstić information content (AvgIpc) is 2.82. The van der Waals surface area contributed by atoms with Gasteiger partial charge in [-0.25, -0.2) is 9.59 Å². The highest BCUT2D eigenvalue weighted by molar-refractivity contribution is 5.83. The van der Waals surface area contributed by atoms with Gasteiger partial charge in [0.25, 0.3) is 0 Å². The number of ether oxygens (including phenoxy) is 3. The standard InChI is InChI=1S/C27H24O5.3CH4/c1-3-26(28)31-19-30-24-13-9-22(10-14-24)17-20-5-7-21(8-6-20)18-23-11-15-25(16-12-23)32-27(29)4-2;;;/h3-16H,1-2,17-19H2;3*1H4. The summed E-state index contributed by atoms with van der Waals surface area (Å²) in [5, 5.41) is 0. The summed E-state index contributed by atoms with van der Waals surface area (Å²) >= 11 is 0.